The number of hydrogen-bond donors (Lipinski definition) is 1. The first kappa shape index (κ1) is 14.2. The molecule has 94 valence electrons. The van der Waals surface area contributed by atoms with Crippen LogP contribution in [0.5, 0.6) is 0 Å². The average molecular weight is 302 g/mol. The van der Waals surface area contributed by atoms with Crippen LogP contribution in [0.2, 0.25) is 0 Å². The minimum Gasteiger partial charge on any atom is -0.389 e. The van der Waals surface area contributed by atoms with Gasteiger partial charge >= 0.3 is 0 Å². The van der Waals surface area contributed by atoms with Crippen molar-refractivity contribution in [1.29, 1.82) is 0 Å². The van der Waals surface area contributed by atoms with Crippen molar-refractivity contribution in [1.82, 2.24) is 0 Å². The number of benzene rings is 1. The third-order valence-electron chi connectivity index (χ3n) is 2.40. The molecule has 0 bridgehead atoms. The Morgan fingerprint density at radius 3 is 2.82 bits per heavy atom. The quantitative estimate of drug-likeness (QED) is 0.813. The maximum absolute atomic E-state index is 10.7. The predicted octanol–water partition coefficient (Wildman–Crippen LogP) is 1.71. The highest BCUT2D eigenvalue weighted by Crippen LogP contribution is 2.22. The van der Waals surface area contributed by atoms with Gasteiger partial charge in [0.05, 0.1) is 12.7 Å². The number of nitrogens with zero attached hydrogens (tertiary/aromatic N) is 1. The fourth-order valence-electron chi connectivity index (χ4n) is 1.52. The second kappa shape index (κ2) is 6.74. The molecule has 0 heterocycles. The zero-order valence-electron chi connectivity index (χ0n) is 9.89. The number of halogens is 1. The smallest absolute Gasteiger partial charge is 0.151 e. The van der Waals surface area contributed by atoms with Crippen LogP contribution in [0.25, 0.3) is 0 Å². The van der Waals surface area contributed by atoms with Gasteiger partial charge in [-0.15, -0.1) is 0 Å². The molecule has 1 aromatic carbocycles. The molecule has 0 saturated carbocycles. The van der Waals surface area contributed by atoms with E-state index in [0.29, 0.717) is 18.7 Å². The van der Waals surface area contributed by atoms with Crippen LogP contribution in [0.3, 0.4) is 0 Å². The average Bonchev–Trinajstić information content (AvgIpc) is 2.29. The van der Waals surface area contributed by atoms with Crippen molar-refractivity contribution in [2.75, 3.05) is 32.2 Å². The maximum Gasteiger partial charge on any atom is 0.151 e. The fourth-order valence-corrected chi connectivity index (χ4v) is 1.98. The van der Waals surface area contributed by atoms with Gasteiger partial charge in [-0.25, -0.2) is 0 Å². The molecule has 0 radical (unpaired) electrons. The van der Waals surface area contributed by atoms with Gasteiger partial charge in [0.25, 0.3) is 0 Å². The molecule has 0 saturated heterocycles. The van der Waals surface area contributed by atoms with E-state index in [-0.39, 0.29) is 0 Å². The van der Waals surface area contributed by atoms with Crippen LogP contribution in [-0.2, 0) is 4.74 Å². The van der Waals surface area contributed by atoms with E-state index in [0.717, 1.165) is 16.4 Å². The Kier molecular flexibility index (Phi) is 5.61. The summed E-state index contributed by atoms with van der Waals surface area (Å²) in [6.07, 6.45) is 0.266. The van der Waals surface area contributed by atoms with Crippen LogP contribution >= 0.6 is 15.9 Å². The van der Waals surface area contributed by atoms with Gasteiger partial charge < -0.3 is 14.7 Å². The van der Waals surface area contributed by atoms with Crippen LogP contribution in [-0.4, -0.2) is 44.8 Å². The zero-order valence-corrected chi connectivity index (χ0v) is 11.5. The number of carbonyl (C=O) groups is 1. The van der Waals surface area contributed by atoms with Crippen molar-refractivity contribution < 1.29 is 14.6 Å². The summed E-state index contributed by atoms with van der Waals surface area (Å²) in [5.74, 6) is 0. The molecule has 0 aromatic heterocycles. The lowest BCUT2D eigenvalue weighted by Crippen LogP contribution is -2.31. The summed E-state index contributed by atoms with van der Waals surface area (Å²) in [4.78, 5) is 12.6. The van der Waals surface area contributed by atoms with Gasteiger partial charge in [0, 0.05) is 36.4 Å². The van der Waals surface area contributed by atoms with Crippen LogP contribution < -0.4 is 4.90 Å². The van der Waals surface area contributed by atoms with Gasteiger partial charge in [-0.2, -0.15) is 0 Å². The Balaban J connectivity index is 2.72. The van der Waals surface area contributed by atoms with E-state index in [1.807, 2.05) is 24.1 Å². The van der Waals surface area contributed by atoms with E-state index in [2.05, 4.69) is 15.9 Å². The molecule has 0 aliphatic carbocycles. The van der Waals surface area contributed by atoms with Gasteiger partial charge in [0.1, 0.15) is 0 Å². The summed E-state index contributed by atoms with van der Waals surface area (Å²) in [7, 11) is 3.43. The molecule has 0 aliphatic heterocycles. The SMILES string of the molecule is COCC(O)CN(C)c1ccc(C=O)c(Br)c1. The molecule has 17 heavy (non-hydrogen) atoms. The van der Waals surface area contributed by atoms with E-state index in [1.54, 1.807) is 13.2 Å². The Morgan fingerprint density at radius 2 is 2.29 bits per heavy atom. The first-order chi connectivity index (χ1) is 8.08. The summed E-state index contributed by atoms with van der Waals surface area (Å²) >= 11 is 3.33. The lowest BCUT2D eigenvalue weighted by atomic mass is 10.2. The monoisotopic (exact) mass is 301 g/mol. The molecule has 5 heteroatoms. The molecule has 1 N–H and O–H groups in total. The van der Waals surface area contributed by atoms with Crippen LogP contribution in [0.1, 0.15) is 10.4 Å². The van der Waals surface area contributed by atoms with Gasteiger partial charge in [-0.05, 0) is 34.1 Å². The van der Waals surface area contributed by atoms with Gasteiger partial charge in [0.15, 0.2) is 6.29 Å². The standard InChI is InChI=1S/C12H16BrNO3/c1-14(6-11(16)8-17-2)10-4-3-9(7-15)12(13)5-10/h3-5,7,11,16H,6,8H2,1-2H3. The summed E-state index contributed by atoms with van der Waals surface area (Å²) in [5, 5.41) is 9.62. The Bertz CT molecular complexity index is 384. The summed E-state index contributed by atoms with van der Waals surface area (Å²) in [6, 6.07) is 5.43. The van der Waals surface area contributed by atoms with Gasteiger partial charge in [-0.1, -0.05) is 0 Å². The topological polar surface area (TPSA) is 49.8 Å². The Hall–Kier alpha value is -0.910. The minimum absolute atomic E-state index is 0.304. The predicted molar refractivity (Wildman–Crippen MR) is 70.7 cm³/mol. The number of hydrogen-bond acceptors (Lipinski definition) is 4. The highest BCUT2D eigenvalue weighted by atomic mass is 79.9. The fraction of sp³-hybridized carbons (Fsp3) is 0.417. The van der Waals surface area contributed by atoms with E-state index >= 15 is 0 Å². The summed E-state index contributed by atoms with van der Waals surface area (Å²) in [5.41, 5.74) is 1.54. The van der Waals surface area contributed by atoms with Gasteiger partial charge in [-0.3, -0.25) is 4.79 Å². The second-order valence-corrected chi connectivity index (χ2v) is 4.67. The number of aldehydes is 1. The van der Waals surface area contributed by atoms with Crippen molar-refractivity contribution in [2.24, 2.45) is 0 Å². The highest BCUT2D eigenvalue weighted by molar-refractivity contribution is 9.10. The Morgan fingerprint density at radius 1 is 1.59 bits per heavy atom. The molecule has 1 unspecified atom stereocenters. The Labute approximate surface area is 109 Å². The lowest BCUT2D eigenvalue weighted by molar-refractivity contribution is 0.0695. The van der Waals surface area contributed by atoms with Crippen molar-refractivity contribution in [3.8, 4) is 0 Å². The van der Waals surface area contributed by atoms with E-state index in [9.17, 15) is 9.90 Å². The number of likely N-dealkylation sites (N-methyl/N-ethyl adjacent to an activating group) is 1. The van der Waals surface area contributed by atoms with Crippen molar-refractivity contribution in [3.63, 3.8) is 0 Å². The molecule has 0 aliphatic rings. The van der Waals surface area contributed by atoms with Crippen LogP contribution in [0.15, 0.2) is 22.7 Å². The first-order valence-corrected chi connectivity index (χ1v) is 6.00. The number of ether oxygens (including phenoxy) is 1. The zero-order chi connectivity index (χ0) is 12.8. The second-order valence-electron chi connectivity index (χ2n) is 3.81. The molecule has 0 fully saturated rings. The lowest BCUT2D eigenvalue weighted by Gasteiger charge is -2.22. The molecular formula is C12H16BrNO3. The summed E-state index contributed by atoms with van der Waals surface area (Å²) < 4.78 is 5.62. The maximum atomic E-state index is 10.7. The number of aliphatic hydroxyl groups is 1. The highest BCUT2D eigenvalue weighted by Gasteiger charge is 2.09. The van der Waals surface area contributed by atoms with Crippen molar-refractivity contribution in [2.45, 2.75) is 6.10 Å². The molecule has 1 rings (SSSR count). The minimum atomic E-state index is -0.533. The summed E-state index contributed by atoms with van der Waals surface area (Å²) in [6.45, 7) is 0.776. The first-order valence-electron chi connectivity index (χ1n) is 5.21. The molecule has 0 spiro atoms. The largest absolute Gasteiger partial charge is 0.389 e. The number of carbonyl (C=O) groups excluding carboxylic acids is 1. The van der Waals surface area contributed by atoms with Crippen molar-refractivity contribution in [3.05, 3.63) is 28.2 Å². The van der Waals surface area contributed by atoms with E-state index in [4.69, 9.17) is 4.74 Å². The number of anilines is 1. The number of methoxy groups -OCH3 is 1. The van der Waals surface area contributed by atoms with Crippen LogP contribution in [0.4, 0.5) is 5.69 Å². The molecule has 0 amide bonds. The molecule has 1 atom stereocenters. The third-order valence-corrected chi connectivity index (χ3v) is 3.08. The normalized spacial score (nSPS) is 12.2. The molecule has 1 aromatic rings. The molecule has 4 nitrogen and oxygen atoms in total. The van der Waals surface area contributed by atoms with E-state index < -0.39 is 6.10 Å². The number of rotatable bonds is 6. The van der Waals surface area contributed by atoms with Crippen LogP contribution in [0, 0.1) is 0 Å². The number of aliphatic hydroxyl groups excluding tert-OH is 1. The van der Waals surface area contributed by atoms with Crippen molar-refractivity contribution >= 4 is 27.9 Å². The third kappa shape index (κ3) is 4.11. The van der Waals surface area contributed by atoms with Gasteiger partial charge in [0.2, 0.25) is 0 Å². The molecular weight excluding hydrogens is 286 g/mol. The van der Waals surface area contributed by atoms with E-state index in [1.165, 1.54) is 0 Å².